The molecule has 0 aromatic carbocycles. The van der Waals surface area contributed by atoms with Crippen molar-refractivity contribution >= 4 is 17.4 Å². The summed E-state index contributed by atoms with van der Waals surface area (Å²) in [5.41, 5.74) is 0. The minimum absolute atomic E-state index is 0.995. The van der Waals surface area contributed by atoms with Crippen LogP contribution in [0.4, 0.5) is 5.82 Å². The molecule has 1 aromatic rings. The molecule has 0 radical (unpaired) electrons. The first-order valence-corrected chi connectivity index (χ1v) is 4.24. The van der Waals surface area contributed by atoms with Crippen LogP contribution in [0.15, 0.2) is 5.38 Å². The van der Waals surface area contributed by atoms with Gasteiger partial charge in [0.2, 0.25) is 0 Å². The second-order valence-electron chi connectivity index (χ2n) is 1.94. The molecule has 0 aliphatic rings. The molecule has 0 N–H and O–H groups in total. The number of nitrogens with zero attached hydrogens (tertiary/aromatic N) is 3. The standard InChI is InChI=1S/C6H11N3S/c1-3-9(4-2)6-5-10-8-7-6/h5H,3-4H2,1-2H3. The molecule has 0 bridgehead atoms. The minimum atomic E-state index is 0.995. The van der Waals surface area contributed by atoms with Crippen LogP contribution in [-0.2, 0) is 0 Å². The van der Waals surface area contributed by atoms with Crippen molar-refractivity contribution in [2.45, 2.75) is 13.8 Å². The quantitative estimate of drug-likeness (QED) is 0.664. The summed E-state index contributed by atoms with van der Waals surface area (Å²) in [6, 6.07) is 0. The van der Waals surface area contributed by atoms with Gasteiger partial charge in [-0.3, -0.25) is 0 Å². The Hall–Kier alpha value is -0.640. The van der Waals surface area contributed by atoms with Gasteiger partial charge in [-0.2, -0.15) is 0 Å². The van der Waals surface area contributed by atoms with Gasteiger partial charge in [0.15, 0.2) is 5.82 Å². The van der Waals surface area contributed by atoms with E-state index in [-0.39, 0.29) is 0 Å². The van der Waals surface area contributed by atoms with Gasteiger partial charge in [-0.05, 0) is 25.4 Å². The van der Waals surface area contributed by atoms with E-state index in [1.54, 1.807) is 0 Å². The summed E-state index contributed by atoms with van der Waals surface area (Å²) in [4.78, 5) is 2.17. The maximum atomic E-state index is 3.95. The summed E-state index contributed by atoms with van der Waals surface area (Å²) in [5.74, 6) is 0.995. The van der Waals surface area contributed by atoms with Gasteiger partial charge in [-0.15, -0.1) is 5.10 Å². The summed E-state index contributed by atoms with van der Waals surface area (Å²) >= 11 is 1.40. The van der Waals surface area contributed by atoms with Gasteiger partial charge in [0.1, 0.15) is 0 Å². The Morgan fingerprint density at radius 1 is 1.50 bits per heavy atom. The summed E-state index contributed by atoms with van der Waals surface area (Å²) in [5, 5.41) is 5.92. The molecule has 0 aliphatic heterocycles. The van der Waals surface area contributed by atoms with Crippen LogP contribution >= 0.6 is 11.5 Å². The topological polar surface area (TPSA) is 29.0 Å². The van der Waals surface area contributed by atoms with Gasteiger partial charge in [-0.1, -0.05) is 4.49 Å². The van der Waals surface area contributed by atoms with Gasteiger partial charge in [0, 0.05) is 13.1 Å². The lowest BCUT2D eigenvalue weighted by Crippen LogP contribution is -2.21. The highest BCUT2D eigenvalue weighted by Gasteiger charge is 2.02. The predicted molar refractivity (Wildman–Crippen MR) is 43.5 cm³/mol. The van der Waals surface area contributed by atoms with Crippen LogP contribution in [0.1, 0.15) is 13.8 Å². The van der Waals surface area contributed by atoms with Crippen molar-refractivity contribution < 1.29 is 0 Å². The van der Waals surface area contributed by atoms with Crippen LogP contribution in [-0.4, -0.2) is 22.7 Å². The molecule has 0 fully saturated rings. The zero-order chi connectivity index (χ0) is 7.40. The molecule has 0 unspecified atom stereocenters. The molecule has 0 saturated carbocycles. The number of anilines is 1. The Morgan fingerprint density at radius 2 is 2.20 bits per heavy atom. The molecule has 4 heteroatoms. The van der Waals surface area contributed by atoms with E-state index in [1.807, 2.05) is 5.38 Å². The number of hydrogen-bond donors (Lipinski definition) is 0. The largest absolute Gasteiger partial charge is 0.355 e. The highest BCUT2D eigenvalue weighted by atomic mass is 32.1. The van der Waals surface area contributed by atoms with E-state index in [0.29, 0.717) is 0 Å². The molecule has 0 aliphatic carbocycles. The molecular formula is C6H11N3S. The Morgan fingerprint density at radius 3 is 2.60 bits per heavy atom. The molecule has 0 atom stereocenters. The maximum absolute atomic E-state index is 3.95. The zero-order valence-electron chi connectivity index (χ0n) is 6.24. The fraction of sp³-hybridized carbons (Fsp3) is 0.667. The van der Waals surface area contributed by atoms with E-state index in [9.17, 15) is 0 Å². The summed E-state index contributed by atoms with van der Waals surface area (Å²) in [7, 11) is 0. The summed E-state index contributed by atoms with van der Waals surface area (Å²) in [6.07, 6.45) is 0. The Bertz CT molecular complexity index is 169. The van der Waals surface area contributed by atoms with Crippen LogP contribution in [0.2, 0.25) is 0 Å². The lowest BCUT2D eigenvalue weighted by molar-refractivity contribution is 0.840. The predicted octanol–water partition coefficient (Wildman–Crippen LogP) is 1.38. The maximum Gasteiger partial charge on any atom is 0.163 e. The Kier molecular flexibility index (Phi) is 2.62. The monoisotopic (exact) mass is 157 g/mol. The number of rotatable bonds is 3. The van der Waals surface area contributed by atoms with E-state index in [2.05, 4.69) is 28.3 Å². The average Bonchev–Trinajstić information content (AvgIpc) is 2.43. The fourth-order valence-electron chi connectivity index (χ4n) is 0.845. The van der Waals surface area contributed by atoms with E-state index in [0.717, 1.165) is 18.9 Å². The van der Waals surface area contributed by atoms with Crippen LogP contribution in [0, 0.1) is 0 Å². The van der Waals surface area contributed by atoms with E-state index in [4.69, 9.17) is 0 Å². The third-order valence-corrected chi connectivity index (χ3v) is 1.93. The van der Waals surface area contributed by atoms with Gasteiger partial charge in [-0.25, -0.2) is 0 Å². The number of aromatic nitrogens is 2. The van der Waals surface area contributed by atoms with E-state index in [1.165, 1.54) is 11.5 Å². The van der Waals surface area contributed by atoms with E-state index < -0.39 is 0 Å². The lowest BCUT2D eigenvalue weighted by Gasteiger charge is -2.15. The van der Waals surface area contributed by atoms with Crippen molar-refractivity contribution in [1.82, 2.24) is 9.59 Å². The molecule has 0 saturated heterocycles. The molecule has 0 spiro atoms. The second kappa shape index (κ2) is 3.51. The molecule has 1 rings (SSSR count). The van der Waals surface area contributed by atoms with Crippen molar-refractivity contribution in [1.29, 1.82) is 0 Å². The van der Waals surface area contributed by atoms with Crippen molar-refractivity contribution in [3.63, 3.8) is 0 Å². The summed E-state index contributed by atoms with van der Waals surface area (Å²) < 4.78 is 3.79. The van der Waals surface area contributed by atoms with Crippen LogP contribution in [0.3, 0.4) is 0 Å². The van der Waals surface area contributed by atoms with Gasteiger partial charge in [0.25, 0.3) is 0 Å². The van der Waals surface area contributed by atoms with Crippen LogP contribution < -0.4 is 4.90 Å². The fourth-order valence-corrected chi connectivity index (χ4v) is 1.31. The third kappa shape index (κ3) is 1.44. The highest BCUT2D eigenvalue weighted by Crippen LogP contribution is 2.09. The van der Waals surface area contributed by atoms with E-state index >= 15 is 0 Å². The van der Waals surface area contributed by atoms with Crippen molar-refractivity contribution in [3.05, 3.63) is 5.38 Å². The molecule has 1 aromatic heterocycles. The molecule has 56 valence electrons. The Labute approximate surface area is 64.8 Å². The van der Waals surface area contributed by atoms with Gasteiger partial charge in [0.05, 0.1) is 5.38 Å². The normalized spacial score (nSPS) is 9.80. The Balaban J connectivity index is 2.64. The van der Waals surface area contributed by atoms with Crippen LogP contribution in [0.5, 0.6) is 0 Å². The average molecular weight is 157 g/mol. The smallest absolute Gasteiger partial charge is 0.163 e. The molecule has 10 heavy (non-hydrogen) atoms. The third-order valence-electron chi connectivity index (χ3n) is 1.44. The first kappa shape index (κ1) is 7.47. The van der Waals surface area contributed by atoms with Crippen molar-refractivity contribution in [2.75, 3.05) is 18.0 Å². The highest BCUT2D eigenvalue weighted by molar-refractivity contribution is 7.03. The van der Waals surface area contributed by atoms with Crippen molar-refractivity contribution in [3.8, 4) is 0 Å². The first-order valence-electron chi connectivity index (χ1n) is 3.40. The van der Waals surface area contributed by atoms with Gasteiger partial charge >= 0.3 is 0 Å². The zero-order valence-corrected chi connectivity index (χ0v) is 7.06. The number of hydrogen-bond acceptors (Lipinski definition) is 4. The SMILES string of the molecule is CCN(CC)c1csnn1. The molecular weight excluding hydrogens is 146 g/mol. The van der Waals surface area contributed by atoms with Crippen molar-refractivity contribution in [2.24, 2.45) is 0 Å². The first-order chi connectivity index (χ1) is 4.88. The minimum Gasteiger partial charge on any atom is -0.355 e. The molecule has 3 nitrogen and oxygen atoms in total. The molecule has 0 amide bonds. The van der Waals surface area contributed by atoms with Crippen LogP contribution in [0.25, 0.3) is 0 Å². The van der Waals surface area contributed by atoms with Gasteiger partial charge < -0.3 is 4.90 Å². The lowest BCUT2D eigenvalue weighted by atomic mass is 10.5. The second-order valence-corrected chi connectivity index (χ2v) is 2.55. The summed E-state index contributed by atoms with van der Waals surface area (Å²) in [6.45, 7) is 6.23. The molecule has 1 heterocycles.